The average Bonchev–Trinajstić information content (AvgIpc) is 2.39. The van der Waals surface area contributed by atoms with Crippen molar-refractivity contribution < 1.29 is 14.4 Å². The number of rotatable bonds is 6. The molecule has 0 aromatic heterocycles. The monoisotopic (exact) mass is 300 g/mol. The molecule has 1 saturated carbocycles. The Kier molecular flexibility index (Phi) is 4.80. The Morgan fingerprint density at radius 2 is 2.30 bits per heavy atom. The lowest BCUT2D eigenvalue weighted by Gasteiger charge is -2.43. The average molecular weight is 301 g/mol. The van der Waals surface area contributed by atoms with Crippen LogP contribution in [-0.4, -0.2) is 36.9 Å². The lowest BCUT2D eigenvalue weighted by atomic mass is 9.85. The molecule has 0 aliphatic heterocycles. The Hall–Kier alpha value is -1.37. The van der Waals surface area contributed by atoms with Crippen molar-refractivity contribution >= 4 is 23.0 Å². The minimum atomic E-state index is -0.495. The normalized spacial score (nSPS) is 25.1. The number of hydrogen-bond acceptors (Lipinski definition) is 5. The molecule has 110 valence electrons. The van der Waals surface area contributed by atoms with Crippen LogP contribution in [0, 0.1) is 10.1 Å². The van der Waals surface area contributed by atoms with Gasteiger partial charge in [-0.3, -0.25) is 10.1 Å². The number of anilines is 1. The molecule has 1 aromatic rings. The summed E-state index contributed by atoms with van der Waals surface area (Å²) in [7, 11) is 1.63. The van der Waals surface area contributed by atoms with Gasteiger partial charge in [-0.2, -0.15) is 0 Å². The van der Waals surface area contributed by atoms with Crippen LogP contribution < -0.4 is 5.32 Å². The first-order valence-corrected chi connectivity index (χ1v) is 6.79. The fourth-order valence-electron chi connectivity index (χ4n) is 2.37. The molecule has 6 nitrogen and oxygen atoms in total. The first kappa shape index (κ1) is 15.0. The molecule has 0 amide bonds. The molecule has 3 unspecified atom stereocenters. The minimum absolute atomic E-state index is 0.0512. The smallest absolute Gasteiger partial charge is 0.289 e. The molecule has 2 rings (SSSR count). The van der Waals surface area contributed by atoms with Crippen molar-refractivity contribution in [2.45, 2.75) is 31.6 Å². The van der Waals surface area contributed by atoms with Gasteiger partial charge in [-0.15, -0.1) is 0 Å². The number of nitrogens with one attached hydrogen (secondary N) is 1. The number of nitro benzene ring substituents is 1. The number of nitro groups is 1. The largest absolute Gasteiger partial charge is 0.379 e. The summed E-state index contributed by atoms with van der Waals surface area (Å²) in [4.78, 5) is 10.4. The molecule has 1 aliphatic carbocycles. The van der Waals surface area contributed by atoms with Gasteiger partial charge in [0.2, 0.25) is 0 Å². The van der Waals surface area contributed by atoms with Crippen molar-refractivity contribution in [2.75, 3.05) is 19.0 Å². The molecule has 0 bridgehead atoms. The number of hydrogen-bond donors (Lipinski definition) is 1. The highest BCUT2D eigenvalue weighted by Gasteiger charge is 2.42. The summed E-state index contributed by atoms with van der Waals surface area (Å²) < 4.78 is 10.9. The SMILES string of the molecule is CCOC1CC(Nc2ccc(Cl)c([N+](=O)[O-])c2)C1OC. The Labute approximate surface area is 122 Å². The third kappa shape index (κ3) is 3.03. The van der Waals surface area contributed by atoms with Crippen molar-refractivity contribution in [3.05, 3.63) is 33.3 Å². The summed E-state index contributed by atoms with van der Waals surface area (Å²) in [6.45, 7) is 2.58. The van der Waals surface area contributed by atoms with Crippen molar-refractivity contribution in [2.24, 2.45) is 0 Å². The zero-order valence-electron chi connectivity index (χ0n) is 11.3. The van der Waals surface area contributed by atoms with Crippen LogP contribution in [0.5, 0.6) is 0 Å². The van der Waals surface area contributed by atoms with Crippen molar-refractivity contribution in [3.8, 4) is 0 Å². The van der Waals surface area contributed by atoms with Gasteiger partial charge in [-0.25, -0.2) is 0 Å². The molecule has 1 N–H and O–H groups in total. The van der Waals surface area contributed by atoms with Gasteiger partial charge < -0.3 is 14.8 Å². The van der Waals surface area contributed by atoms with Gasteiger partial charge >= 0.3 is 0 Å². The number of halogens is 1. The van der Waals surface area contributed by atoms with Gasteiger partial charge in [0.25, 0.3) is 5.69 Å². The summed E-state index contributed by atoms with van der Waals surface area (Å²) in [6, 6.07) is 4.75. The van der Waals surface area contributed by atoms with E-state index in [1.54, 1.807) is 13.2 Å². The molecular formula is C13H17ClN2O4. The topological polar surface area (TPSA) is 73.6 Å². The van der Waals surface area contributed by atoms with Gasteiger partial charge in [0.1, 0.15) is 11.1 Å². The summed E-state index contributed by atoms with van der Waals surface area (Å²) in [5.41, 5.74) is 0.550. The van der Waals surface area contributed by atoms with Crippen LogP contribution in [0.2, 0.25) is 5.02 Å². The number of nitrogens with zero attached hydrogens (tertiary/aromatic N) is 1. The third-order valence-electron chi connectivity index (χ3n) is 3.40. The summed E-state index contributed by atoms with van der Waals surface area (Å²) in [5.74, 6) is 0. The highest BCUT2D eigenvalue weighted by molar-refractivity contribution is 6.32. The minimum Gasteiger partial charge on any atom is -0.379 e. The third-order valence-corrected chi connectivity index (χ3v) is 3.72. The molecule has 3 atom stereocenters. The molecule has 0 saturated heterocycles. The van der Waals surface area contributed by atoms with Gasteiger partial charge in [0, 0.05) is 25.5 Å². The highest BCUT2D eigenvalue weighted by Crippen LogP contribution is 2.32. The predicted molar refractivity (Wildman–Crippen MR) is 76.3 cm³/mol. The maximum atomic E-state index is 10.8. The second kappa shape index (κ2) is 6.39. The maximum absolute atomic E-state index is 10.8. The number of methoxy groups -OCH3 is 1. The quantitative estimate of drug-likeness (QED) is 0.646. The zero-order chi connectivity index (χ0) is 14.7. The van der Waals surface area contributed by atoms with Crippen LogP contribution >= 0.6 is 11.6 Å². The Balaban J connectivity index is 2.04. The van der Waals surface area contributed by atoms with Gasteiger partial charge in [-0.1, -0.05) is 11.6 Å². The second-order valence-corrected chi connectivity index (χ2v) is 5.01. The Bertz CT molecular complexity index is 497. The van der Waals surface area contributed by atoms with Gasteiger partial charge in [0.15, 0.2) is 0 Å². The highest BCUT2D eigenvalue weighted by atomic mass is 35.5. The van der Waals surface area contributed by atoms with E-state index in [9.17, 15) is 10.1 Å². The lowest BCUT2D eigenvalue weighted by molar-refractivity contribution is -0.384. The maximum Gasteiger partial charge on any atom is 0.289 e. The van der Waals surface area contributed by atoms with Gasteiger partial charge in [0.05, 0.1) is 17.1 Å². The van der Waals surface area contributed by atoms with E-state index in [2.05, 4.69) is 5.32 Å². The van der Waals surface area contributed by atoms with E-state index in [0.29, 0.717) is 12.3 Å². The fraction of sp³-hybridized carbons (Fsp3) is 0.538. The summed E-state index contributed by atoms with van der Waals surface area (Å²) >= 11 is 5.78. The van der Waals surface area contributed by atoms with E-state index >= 15 is 0 Å². The molecule has 1 fully saturated rings. The van der Waals surface area contributed by atoms with Crippen LogP contribution in [0.15, 0.2) is 18.2 Å². The van der Waals surface area contributed by atoms with Gasteiger partial charge in [-0.05, 0) is 25.5 Å². The number of benzene rings is 1. The molecular weight excluding hydrogens is 284 g/mol. The first-order chi connectivity index (χ1) is 9.56. The van der Waals surface area contributed by atoms with Crippen LogP contribution in [0.4, 0.5) is 11.4 Å². The van der Waals surface area contributed by atoms with E-state index in [-0.39, 0.29) is 29.0 Å². The molecule has 20 heavy (non-hydrogen) atoms. The standard InChI is InChI=1S/C13H17ClN2O4/c1-3-20-12-7-10(13(12)19-2)15-8-4-5-9(14)11(6-8)16(17)18/h4-6,10,12-13,15H,3,7H2,1-2H3. The molecule has 1 aromatic carbocycles. The summed E-state index contributed by atoms with van der Waals surface area (Å²) in [5, 5.41) is 14.2. The molecule has 1 aliphatic rings. The van der Waals surface area contributed by atoms with Crippen LogP contribution in [0.25, 0.3) is 0 Å². The van der Waals surface area contributed by atoms with Crippen molar-refractivity contribution in [3.63, 3.8) is 0 Å². The Morgan fingerprint density at radius 3 is 2.90 bits per heavy atom. The van der Waals surface area contributed by atoms with Crippen LogP contribution in [0.3, 0.4) is 0 Å². The first-order valence-electron chi connectivity index (χ1n) is 6.41. The predicted octanol–water partition coefficient (Wildman–Crippen LogP) is 2.85. The molecule has 0 radical (unpaired) electrons. The van der Waals surface area contributed by atoms with E-state index < -0.39 is 4.92 Å². The van der Waals surface area contributed by atoms with Crippen molar-refractivity contribution in [1.29, 1.82) is 0 Å². The lowest BCUT2D eigenvalue weighted by Crippen LogP contribution is -2.56. The summed E-state index contributed by atoms with van der Waals surface area (Å²) in [6.07, 6.45) is 0.831. The van der Waals surface area contributed by atoms with Crippen molar-refractivity contribution in [1.82, 2.24) is 0 Å². The fourth-order valence-corrected chi connectivity index (χ4v) is 2.56. The van der Waals surface area contributed by atoms with Crippen LogP contribution in [0.1, 0.15) is 13.3 Å². The van der Waals surface area contributed by atoms with Crippen LogP contribution in [-0.2, 0) is 9.47 Å². The molecule has 0 spiro atoms. The number of ether oxygens (including phenoxy) is 2. The molecule has 7 heteroatoms. The van der Waals surface area contributed by atoms with E-state index in [4.69, 9.17) is 21.1 Å². The van der Waals surface area contributed by atoms with E-state index in [0.717, 1.165) is 6.42 Å². The second-order valence-electron chi connectivity index (χ2n) is 4.60. The molecule has 0 heterocycles. The Morgan fingerprint density at radius 1 is 1.55 bits per heavy atom. The zero-order valence-corrected chi connectivity index (χ0v) is 12.1. The van der Waals surface area contributed by atoms with E-state index in [1.165, 1.54) is 12.1 Å². The van der Waals surface area contributed by atoms with E-state index in [1.807, 2.05) is 6.92 Å².